The summed E-state index contributed by atoms with van der Waals surface area (Å²) in [5, 5.41) is 3.11. The lowest BCUT2D eigenvalue weighted by Gasteiger charge is -2.11. The van der Waals surface area contributed by atoms with E-state index >= 15 is 0 Å². The number of hydrogen-bond donors (Lipinski definition) is 2. The topological polar surface area (TPSA) is 38.0 Å². The average molecular weight is 228 g/mol. The maximum absolute atomic E-state index is 12.6. The summed E-state index contributed by atoms with van der Waals surface area (Å²) in [5.41, 5.74) is 6.51. The number of alkyl halides is 3. The molecule has 2 nitrogen and oxygen atoms in total. The molecule has 86 valence electrons. The Hall–Kier alpha value is -1.23. The zero-order valence-corrected chi connectivity index (χ0v) is 8.43. The van der Waals surface area contributed by atoms with Gasteiger partial charge in [0.2, 0.25) is 0 Å². The van der Waals surface area contributed by atoms with Crippen LogP contribution in [0.15, 0.2) is 18.2 Å². The first-order chi connectivity index (χ1) is 7.43. The molecule has 1 aliphatic heterocycles. The number of rotatable bonds is 0. The molecule has 0 aromatic heterocycles. The smallest absolute Gasteiger partial charge is 0.384 e. The van der Waals surface area contributed by atoms with Crippen LogP contribution in [0, 0.1) is 0 Å². The highest BCUT2D eigenvalue weighted by atomic mass is 19.4. The predicted octanol–water partition coefficient (Wildman–Crippen LogP) is 2.10. The lowest BCUT2D eigenvalue weighted by molar-refractivity contribution is -0.137. The van der Waals surface area contributed by atoms with Crippen LogP contribution in [0.5, 0.6) is 0 Å². The number of fused-ring (bicyclic) bond motifs is 2. The minimum atomic E-state index is -4.28. The number of anilines is 1. The van der Waals surface area contributed by atoms with E-state index in [0.717, 1.165) is 23.7 Å². The molecule has 1 aromatic carbocycles. The molecule has 2 unspecified atom stereocenters. The summed E-state index contributed by atoms with van der Waals surface area (Å²) in [6.07, 6.45) is -3.51. The Morgan fingerprint density at radius 2 is 2.06 bits per heavy atom. The first kappa shape index (κ1) is 9.96. The lowest BCUT2D eigenvalue weighted by Crippen LogP contribution is -2.20. The van der Waals surface area contributed by atoms with Crippen LogP contribution >= 0.6 is 0 Å². The third-order valence-electron chi connectivity index (χ3n) is 3.61. The zero-order valence-electron chi connectivity index (χ0n) is 8.43. The summed E-state index contributed by atoms with van der Waals surface area (Å²) in [6.45, 7) is 0.658. The van der Waals surface area contributed by atoms with Crippen molar-refractivity contribution in [2.75, 3.05) is 11.9 Å². The highest BCUT2D eigenvalue weighted by Crippen LogP contribution is 2.54. The van der Waals surface area contributed by atoms with Crippen molar-refractivity contribution in [3.05, 3.63) is 29.3 Å². The van der Waals surface area contributed by atoms with E-state index in [0.29, 0.717) is 6.54 Å². The minimum absolute atomic E-state index is 0.00951. The first-order valence-electron chi connectivity index (χ1n) is 5.15. The van der Waals surface area contributed by atoms with Crippen LogP contribution < -0.4 is 11.1 Å². The van der Waals surface area contributed by atoms with Crippen molar-refractivity contribution in [2.45, 2.75) is 24.1 Å². The minimum Gasteiger partial charge on any atom is -0.384 e. The highest BCUT2D eigenvalue weighted by molar-refractivity contribution is 5.65. The Kier molecular flexibility index (Phi) is 1.69. The van der Waals surface area contributed by atoms with Gasteiger partial charge in [-0.15, -0.1) is 0 Å². The van der Waals surface area contributed by atoms with Crippen molar-refractivity contribution < 1.29 is 13.2 Å². The van der Waals surface area contributed by atoms with Gasteiger partial charge in [-0.3, -0.25) is 0 Å². The van der Waals surface area contributed by atoms with Gasteiger partial charge in [-0.2, -0.15) is 13.2 Å². The van der Waals surface area contributed by atoms with Crippen LogP contribution in [-0.4, -0.2) is 12.6 Å². The molecule has 0 bridgehead atoms. The largest absolute Gasteiger partial charge is 0.416 e. The number of halogens is 3. The number of hydrogen-bond acceptors (Lipinski definition) is 2. The molecule has 5 heteroatoms. The van der Waals surface area contributed by atoms with Crippen LogP contribution in [-0.2, 0) is 11.6 Å². The molecule has 3 rings (SSSR count). The van der Waals surface area contributed by atoms with Gasteiger partial charge in [0.25, 0.3) is 0 Å². The Bertz CT molecular complexity index is 455. The van der Waals surface area contributed by atoms with Crippen LogP contribution in [0.1, 0.15) is 17.5 Å². The third kappa shape index (κ3) is 1.18. The van der Waals surface area contributed by atoms with Gasteiger partial charge in [0, 0.05) is 23.7 Å². The normalized spacial score (nSPS) is 31.4. The van der Waals surface area contributed by atoms with E-state index in [9.17, 15) is 13.2 Å². The molecular formula is C11H11F3N2. The average Bonchev–Trinajstić information content (AvgIpc) is 2.69. The van der Waals surface area contributed by atoms with Crippen molar-refractivity contribution in [1.82, 2.24) is 0 Å². The van der Waals surface area contributed by atoms with Crippen molar-refractivity contribution in [3.8, 4) is 0 Å². The molecule has 2 aliphatic rings. The van der Waals surface area contributed by atoms with Crippen LogP contribution in [0.2, 0.25) is 0 Å². The Morgan fingerprint density at radius 3 is 2.62 bits per heavy atom. The molecule has 1 aliphatic carbocycles. The molecule has 1 spiro atoms. The maximum atomic E-state index is 12.6. The number of nitrogens with two attached hydrogens (primary N) is 1. The fourth-order valence-electron chi connectivity index (χ4n) is 2.48. The van der Waals surface area contributed by atoms with Gasteiger partial charge < -0.3 is 11.1 Å². The highest BCUT2D eigenvalue weighted by Gasteiger charge is 2.57. The van der Waals surface area contributed by atoms with Crippen molar-refractivity contribution in [1.29, 1.82) is 0 Å². The summed E-state index contributed by atoms with van der Waals surface area (Å²) >= 11 is 0. The van der Waals surface area contributed by atoms with E-state index in [-0.39, 0.29) is 11.5 Å². The second-order valence-electron chi connectivity index (χ2n) is 4.58. The van der Waals surface area contributed by atoms with Crippen LogP contribution in [0.4, 0.5) is 18.9 Å². The van der Waals surface area contributed by atoms with Gasteiger partial charge in [0.15, 0.2) is 0 Å². The first-order valence-corrected chi connectivity index (χ1v) is 5.15. The van der Waals surface area contributed by atoms with Gasteiger partial charge in [0.05, 0.1) is 5.56 Å². The SMILES string of the molecule is NC1CC12CNc1ccc(C(F)(F)F)cc12. The molecule has 1 heterocycles. The van der Waals surface area contributed by atoms with E-state index < -0.39 is 11.7 Å². The summed E-state index contributed by atoms with van der Waals surface area (Å²) in [6, 6.07) is 3.84. The lowest BCUT2D eigenvalue weighted by atomic mass is 9.95. The maximum Gasteiger partial charge on any atom is 0.416 e. The van der Waals surface area contributed by atoms with E-state index in [2.05, 4.69) is 5.32 Å². The summed E-state index contributed by atoms with van der Waals surface area (Å²) in [7, 11) is 0. The standard InChI is InChI=1S/C11H11F3N2/c12-11(13,14)6-1-2-8-7(3-6)10(5-16-8)4-9(10)15/h1-3,9,16H,4-5,15H2. The van der Waals surface area contributed by atoms with E-state index in [1.807, 2.05) is 0 Å². The zero-order chi connectivity index (χ0) is 11.6. The van der Waals surface area contributed by atoms with E-state index in [4.69, 9.17) is 5.73 Å². The Balaban J connectivity index is 2.08. The van der Waals surface area contributed by atoms with Gasteiger partial charge in [-0.25, -0.2) is 0 Å². The Labute approximate surface area is 90.6 Å². The van der Waals surface area contributed by atoms with Crippen LogP contribution in [0.25, 0.3) is 0 Å². The quantitative estimate of drug-likeness (QED) is 0.713. The van der Waals surface area contributed by atoms with E-state index in [1.165, 1.54) is 12.1 Å². The molecule has 1 fully saturated rings. The van der Waals surface area contributed by atoms with Gasteiger partial charge in [-0.05, 0) is 30.2 Å². The van der Waals surface area contributed by atoms with Gasteiger partial charge in [-0.1, -0.05) is 0 Å². The number of nitrogens with one attached hydrogen (secondary N) is 1. The van der Waals surface area contributed by atoms with E-state index in [1.54, 1.807) is 0 Å². The molecule has 16 heavy (non-hydrogen) atoms. The molecule has 1 aromatic rings. The van der Waals surface area contributed by atoms with Gasteiger partial charge in [0.1, 0.15) is 0 Å². The van der Waals surface area contributed by atoms with Crippen molar-refractivity contribution in [2.24, 2.45) is 5.73 Å². The fraction of sp³-hybridized carbons (Fsp3) is 0.455. The second-order valence-corrected chi connectivity index (χ2v) is 4.58. The van der Waals surface area contributed by atoms with Gasteiger partial charge >= 0.3 is 6.18 Å². The number of benzene rings is 1. The Morgan fingerprint density at radius 1 is 1.38 bits per heavy atom. The molecule has 0 amide bonds. The summed E-state index contributed by atoms with van der Waals surface area (Å²) in [4.78, 5) is 0. The molecule has 2 atom stereocenters. The second kappa shape index (κ2) is 2.71. The molecule has 0 radical (unpaired) electrons. The monoisotopic (exact) mass is 228 g/mol. The molecule has 0 saturated heterocycles. The van der Waals surface area contributed by atoms with Crippen molar-refractivity contribution >= 4 is 5.69 Å². The van der Waals surface area contributed by atoms with Crippen molar-refractivity contribution in [3.63, 3.8) is 0 Å². The molecule has 1 saturated carbocycles. The molecule has 3 N–H and O–H groups in total. The predicted molar refractivity (Wildman–Crippen MR) is 54.2 cm³/mol. The van der Waals surface area contributed by atoms with Crippen LogP contribution in [0.3, 0.4) is 0 Å². The third-order valence-corrected chi connectivity index (χ3v) is 3.61. The fourth-order valence-corrected chi connectivity index (χ4v) is 2.48. The summed E-state index contributed by atoms with van der Waals surface area (Å²) < 4.78 is 37.7. The summed E-state index contributed by atoms with van der Waals surface area (Å²) in [5.74, 6) is 0. The molecular weight excluding hydrogens is 217 g/mol.